The second-order valence-corrected chi connectivity index (χ2v) is 7.32. The number of carbonyl (C=O) groups excluding carboxylic acids is 1. The first-order chi connectivity index (χ1) is 14.5. The minimum atomic E-state index is -0.218. The fraction of sp³-hybridized carbons (Fsp3) is 0.182. The highest BCUT2D eigenvalue weighted by atomic mass is 35.5. The number of benzene rings is 2. The molecule has 0 saturated heterocycles. The van der Waals surface area contributed by atoms with Crippen molar-refractivity contribution in [2.75, 3.05) is 6.54 Å². The lowest BCUT2D eigenvalue weighted by atomic mass is 10.2. The molecule has 4 aromatic rings. The van der Waals surface area contributed by atoms with Crippen molar-refractivity contribution in [1.82, 2.24) is 24.6 Å². The molecular weight excluding hydrogens is 402 g/mol. The third kappa shape index (κ3) is 3.71. The van der Waals surface area contributed by atoms with Gasteiger partial charge >= 0.3 is 0 Å². The molecule has 0 unspecified atom stereocenters. The molecular formula is C22H20ClN5O2. The highest BCUT2D eigenvalue weighted by molar-refractivity contribution is 6.30. The topological polar surface area (TPSA) is 83.9 Å². The van der Waals surface area contributed by atoms with E-state index in [0.29, 0.717) is 39.6 Å². The van der Waals surface area contributed by atoms with Gasteiger partial charge in [0.05, 0.1) is 40.6 Å². The van der Waals surface area contributed by atoms with Crippen LogP contribution in [0.5, 0.6) is 0 Å². The molecule has 1 N–H and O–H groups in total. The molecule has 0 atom stereocenters. The molecule has 1 amide bonds. The van der Waals surface area contributed by atoms with Crippen LogP contribution in [0.1, 0.15) is 28.8 Å². The van der Waals surface area contributed by atoms with Crippen LogP contribution in [0.4, 0.5) is 0 Å². The number of para-hydroxylation sites is 1. The number of nitrogens with one attached hydrogen (secondary N) is 1. The number of amides is 1. The molecule has 30 heavy (non-hydrogen) atoms. The summed E-state index contributed by atoms with van der Waals surface area (Å²) in [5, 5.41) is 5.48. The monoisotopic (exact) mass is 421 g/mol. The highest BCUT2D eigenvalue weighted by Crippen LogP contribution is 2.19. The average Bonchev–Trinajstić information content (AvgIpc) is 3.13. The zero-order valence-corrected chi connectivity index (χ0v) is 17.3. The molecule has 7 nitrogen and oxygen atoms in total. The van der Waals surface area contributed by atoms with Crippen LogP contribution in [-0.2, 0) is 6.54 Å². The number of fused-ring (bicyclic) bond motifs is 1. The van der Waals surface area contributed by atoms with E-state index in [1.165, 1.54) is 0 Å². The summed E-state index contributed by atoms with van der Waals surface area (Å²) >= 11 is 6.08. The van der Waals surface area contributed by atoms with Crippen molar-refractivity contribution in [3.63, 3.8) is 0 Å². The lowest BCUT2D eigenvalue weighted by Gasteiger charge is -2.20. The second kappa shape index (κ2) is 8.12. The molecule has 2 aromatic carbocycles. The first-order valence-corrected chi connectivity index (χ1v) is 9.93. The standard InChI is InChI=1S/C22H20ClN5O2/c1-3-27(13-20-25-19-10-5-4-9-17(19)21(29)26-20)22(30)18-12-24-28(14(18)2)16-8-6-7-15(23)11-16/h4-12H,3,13H2,1-2H3,(H,25,26,29). The Balaban J connectivity index is 1.63. The maximum absolute atomic E-state index is 13.2. The SMILES string of the molecule is CCN(Cc1nc2ccccc2c(=O)[nH]1)C(=O)c1cnn(-c2cccc(Cl)c2)c1C. The molecule has 2 aromatic heterocycles. The Morgan fingerprint density at radius 2 is 2.00 bits per heavy atom. The molecule has 0 aliphatic rings. The van der Waals surface area contributed by atoms with Gasteiger partial charge in [-0.1, -0.05) is 29.8 Å². The Kier molecular flexibility index (Phi) is 5.37. The average molecular weight is 422 g/mol. The molecule has 0 aliphatic carbocycles. The van der Waals surface area contributed by atoms with Crippen LogP contribution in [0.15, 0.2) is 59.5 Å². The number of halogens is 1. The number of rotatable bonds is 5. The third-order valence-electron chi connectivity index (χ3n) is 4.96. The molecule has 4 rings (SSSR count). The van der Waals surface area contributed by atoms with Crippen molar-refractivity contribution < 1.29 is 4.79 Å². The summed E-state index contributed by atoms with van der Waals surface area (Å²) in [5.41, 5.74) is 2.36. The smallest absolute Gasteiger partial charge is 0.258 e. The second-order valence-electron chi connectivity index (χ2n) is 6.88. The van der Waals surface area contributed by atoms with E-state index >= 15 is 0 Å². The van der Waals surface area contributed by atoms with Gasteiger partial charge < -0.3 is 9.88 Å². The summed E-state index contributed by atoms with van der Waals surface area (Å²) in [5.74, 6) is 0.257. The minimum Gasteiger partial charge on any atom is -0.331 e. The third-order valence-corrected chi connectivity index (χ3v) is 5.20. The predicted octanol–water partition coefficient (Wildman–Crippen LogP) is 3.73. The van der Waals surface area contributed by atoms with Gasteiger partial charge in [-0.25, -0.2) is 9.67 Å². The van der Waals surface area contributed by atoms with E-state index in [4.69, 9.17) is 11.6 Å². The Bertz CT molecular complexity index is 1290. The van der Waals surface area contributed by atoms with Gasteiger partial charge in [0.1, 0.15) is 5.82 Å². The molecule has 0 saturated carbocycles. The van der Waals surface area contributed by atoms with E-state index < -0.39 is 0 Å². The lowest BCUT2D eigenvalue weighted by molar-refractivity contribution is 0.0747. The number of carbonyl (C=O) groups is 1. The maximum atomic E-state index is 13.2. The normalized spacial score (nSPS) is 11.0. The minimum absolute atomic E-state index is 0.181. The largest absolute Gasteiger partial charge is 0.331 e. The first-order valence-electron chi connectivity index (χ1n) is 9.55. The van der Waals surface area contributed by atoms with Gasteiger partial charge in [0.2, 0.25) is 0 Å². The van der Waals surface area contributed by atoms with E-state index in [9.17, 15) is 9.59 Å². The number of hydrogen-bond acceptors (Lipinski definition) is 4. The van der Waals surface area contributed by atoms with Gasteiger partial charge in [0, 0.05) is 11.6 Å². The quantitative estimate of drug-likeness (QED) is 0.532. The number of aromatic amines is 1. The molecule has 0 radical (unpaired) electrons. The van der Waals surface area contributed by atoms with Gasteiger partial charge in [-0.15, -0.1) is 0 Å². The van der Waals surface area contributed by atoms with Crippen LogP contribution in [-0.4, -0.2) is 37.1 Å². The Morgan fingerprint density at radius 1 is 1.20 bits per heavy atom. The van der Waals surface area contributed by atoms with Gasteiger partial charge in [0.25, 0.3) is 11.5 Å². The number of H-pyrrole nitrogens is 1. The molecule has 0 bridgehead atoms. The van der Waals surface area contributed by atoms with E-state index in [0.717, 1.165) is 5.69 Å². The van der Waals surface area contributed by atoms with E-state index in [2.05, 4.69) is 15.1 Å². The summed E-state index contributed by atoms with van der Waals surface area (Å²) in [6, 6.07) is 14.4. The van der Waals surface area contributed by atoms with Crippen LogP contribution in [0.2, 0.25) is 5.02 Å². The number of nitrogens with zero attached hydrogens (tertiary/aromatic N) is 4. The molecule has 2 heterocycles. The Hall–Kier alpha value is -3.45. The number of hydrogen-bond donors (Lipinski definition) is 1. The summed E-state index contributed by atoms with van der Waals surface area (Å²) in [6.07, 6.45) is 1.55. The van der Waals surface area contributed by atoms with Gasteiger partial charge in [-0.2, -0.15) is 5.10 Å². The van der Waals surface area contributed by atoms with Crippen LogP contribution in [0.3, 0.4) is 0 Å². The summed E-state index contributed by atoms with van der Waals surface area (Å²) in [4.78, 5) is 34.4. The fourth-order valence-corrected chi connectivity index (χ4v) is 3.56. The van der Waals surface area contributed by atoms with Crippen molar-refractivity contribution in [1.29, 1.82) is 0 Å². The van der Waals surface area contributed by atoms with E-state index in [-0.39, 0.29) is 18.0 Å². The fourth-order valence-electron chi connectivity index (χ4n) is 3.38. The maximum Gasteiger partial charge on any atom is 0.258 e. The Morgan fingerprint density at radius 3 is 2.77 bits per heavy atom. The predicted molar refractivity (Wildman–Crippen MR) is 116 cm³/mol. The molecule has 0 spiro atoms. The van der Waals surface area contributed by atoms with Crippen molar-refractivity contribution in [3.05, 3.63) is 87.2 Å². The highest BCUT2D eigenvalue weighted by Gasteiger charge is 2.21. The van der Waals surface area contributed by atoms with Crippen LogP contribution in [0, 0.1) is 6.92 Å². The van der Waals surface area contributed by atoms with Crippen molar-refractivity contribution in [3.8, 4) is 5.69 Å². The molecule has 152 valence electrons. The zero-order valence-electron chi connectivity index (χ0n) is 16.6. The Labute approximate surface area is 177 Å². The zero-order chi connectivity index (χ0) is 21.3. The van der Waals surface area contributed by atoms with Crippen molar-refractivity contribution in [2.45, 2.75) is 20.4 Å². The van der Waals surface area contributed by atoms with Crippen LogP contribution < -0.4 is 5.56 Å². The molecule has 0 fully saturated rings. The van der Waals surface area contributed by atoms with Gasteiger partial charge in [-0.05, 0) is 44.2 Å². The van der Waals surface area contributed by atoms with Gasteiger partial charge in [-0.3, -0.25) is 9.59 Å². The van der Waals surface area contributed by atoms with Crippen molar-refractivity contribution >= 4 is 28.4 Å². The molecule has 8 heteroatoms. The summed E-state index contributed by atoms with van der Waals surface area (Å²) in [6.45, 7) is 4.37. The lowest BCUT2D eigenvalue weighted by Crippen LogP contribution is -2.32. The summed E-state index contributed by atoms with van der Waals surface area (Å²) in [7, 11) is 0. The van der Waals surface area contributed by atoms with E-state index in [1.54, 1.807) is 46.1 Å². The number of aromatic nitrogens is 4. The first kappa shape index (κ1) is 19.8. The van der Waals surface area contributed by atoms with Crippen LogP contribution >= 0.6 is 11.6 Å². The van der Waals surface area contributed by atoms with E-state index in [1.807, 2.05) is 32.0 Å². The summed E-state index contributed by atoms with van der Waals surface area (Å²) < 4.78 is 1.68. The molecule has 0 aliphatic heterocycles. The van der Waals surface area contributed by atoms with Crippen molar-refractivity contribution in [2.24, 2.45) is 0 Å². The van der Waals surface area contributed by atoms with Crippen LogP contribution in [0.25, 0.3) is 16.6 Å². The van der Waals surface area contributed by atoms with Gasteiger partial charge in [0.15, 0.2) is 0 Å².